The molecule has 1 heterocycles. The molecule has 3 rings (SSSR count). The van der Waals surface area contributed by atoms with E-state index >= 15 is 0 Å². The number of fused-ring (bicyclic) bond motifs is 1. The second kappa shape index (κ2) is 14.7. The van der Waals surface area contributed by atoms with Crippen LogP contribution in [0.1, 0.15) is 85.3 Å². The number of halogens is 6. The first-order valence-electron chi connectivity index (χ1n) is 15.7. The molecular weight excluding hydrogens is 626 g/mol. The minimum absolute atomic E-state index is 0.0679. The van der Waals surface area contributed by atoms with E-state index < -0.39 is 60.0 Å². The van der Waals surface area contributed by atoms with E-state index in [9.17, 15) is 35.9 Å². The van der Waals surface area contributed by atoms with E-state index in [1.54, 1.807) is 6.07 Å². The molecule has 0 saturated heterocycles. The molecular formula is C36H44F6O5. The molecule has 11 heteroatoms. The fourth-order valence-corrected chi connectivity index (χ4v) is 5.24. The van der Waals surface area contributed by atoms with Gasteiger partial charge in [0.25, 0.3) is 0 Å². The summed E-state index contributed by atoms with van der Waals surface area (Å²) in [5, 5.41) is 0.250. The van der Waals surface area contributed by atoms with E-state index in [0.717, 1.165) is 25.3 Å². The Labute approximate surface area is 271 Å². The molecule has 5 nitrogen and oxygen atoms in total. The summed E-state index contributed by atoms with van der Waals surface area (Å²) in [6.07, 6.45) is -6.04. The van der Waals surface area contributed by atoms with E-state index in [0.29, 0.717) is 18.4 Å². The minimum atomic E-state index is -4.75. The van der Waals surface area contributed by atoms with Gasteiger partial charge in [-0.3, -0.25) is 4.79 Å². The van der Waals surface area contributed by atoms with Crippen molar-refractivity contribution in [3.63, 3.8) is 0 Å². The van der Waals surface area contributed by atoms with E-state index in [1.807, 2.05) is 48.5 Å². The van der Waals surface area contributed by atoms with Gasteiger partial charge in [0.2, 0.25) is 0 Å². The monoisotopic (exact) mass is 670 g/mol. The number of carbonyl (C=O) groups excluding carboxylic acids is 1. The Morgan fingerprint density at radius 2 is 1.53 bits per heavy atom. The maximum absolute atomic E-state index is 14.0. The Bertz CT molecular complexity index is 1570. The summed E-state index contributed by atoms with van der Waals surface area (Å²) < 4.78 is 99.7. The summed E-state index contributed by atoms with van der Waals surface area (Å²) in [6.45, 7) is 11.5. The molecule has 2 atom stereocenters. The molecule has 0 bridgehead atoms. The van der Waals surface area contributed by atoms with Crippen LogP contribution in [0.2, 0.25) is 0 Å². The van der Waals surface area contributed by atoms with Crippen LogP contribution in [0.15, 0.2) is 51.7 Å². The van der Waals surface area contributed by atoms with Gasteiger partial charge in [-0.05, 0) is 59.9 Å². The number of alkyl halides is 6. The molecule has 0 fully saturated rings. The van der Waals surface area contributed by atoms with Crippen LogP contribution in [0, 0.1) is 22.7 Å². The second-order valence-electron chi connectivity index (χ2n) is 14.3. The summed E-state index contributed by atoms with van der Waals surface area (Å²) in [4.78, 5) is 25.8. The number of aryl methyl sites for hydroxylation is 1. The standard InChI is InChI=1S/C36H44F6O5/c1-8-9-10-11-22-12-15-26(28(16-22)36(40,41)42)27-17-23-13-14-25(18-30(23)47-31(27)43)45-20-24(35(37,38)39)21-46-32(44)29(34(5,6)7)19-33(2,3)4/h12-18,24,29H,8-11,19-21H2,1-7H3. The molecule has 47 heavy (non-hydrogen) atoms. The Balaban J connectivity index is 1.82. The molecule has 0 radical (unpaired) electrons. The van der Waals surface area contributed by atoms with Crippen molar-refractivity contribution in [1.29, 1.82) is 0 Å². The highest BCUT2D eigenvalue weighted by Crippen LogP contribution is 2.39. The normalized spacial score (nSPS) is 14.2. The van der Waals surface area contributed by atoms with Crippen molar-refractivity contribution in [2.24, 2.45) is 22.7 Å². The highest BCUT2D eigenvalue weighted by molar-refractivity contribution is 5.83. The molecule has 0 N–H and O–H groups in total. The zero-order valence-electron chi connectivity index (χ0n) is 28.0. The third-order valence-corrected chi connectivity index (χ3v) is 7.94. The van der Waals surface area contributed by atoms with Crippen molar-refractivity contribution in [3.8, 4) is 16.9 Å². The highest BCUT2D eigenvalue weighted by Gasteiger charge is 2.43. The van der Waals surface area contributed by atoms with Crippen LogP contribution in [0.4, 0.5) is 26.3 Å². The van der Waals surface area contributed by atoms with E-state index in [-0.39, 0.29) is 33.3 Å². The van der Waals surface area contributed by atoms with Crippen molar-refractivity contribution in [3.05, 3.63) is 64.0 Å². The smallest absolute Gasteiger partial charge is 0.417 e. The van der Waals surface area contributed by atoms with Crippen molar-refractivity contribution in [1.82, 2.24) is 0 Å². The minimum Gasteiger partial charge on any atom is -0.493 e. The zero-order chi connectivity index (χ0) is 35.4. The highest BCUT2D eigenvalue weighted by atomic mass is 19.4. The van der Waals surface area contributed by atoms with Crippen LogP contribution in [0.25, 0.3) is 22.1 Å². The number of carbonyl (C=O) groups is 1. The van der Waals surface area contributed by atoms with Crippen LogP contribution >= 0.6 is 0 Å². The van der Waals surface area contributed by atoms with Gasteiger partial charge in [-0.1, -0.05) is 73.4 Å². The lowest BCUT2D eigenvalue weighted by Crippen LogP contribution is -2.38. The molecule has 0 aliphatic carbocycles. The molecule has 3 aromatic rings. The molecule has 0 amide bonds. The Hall–Kier alpha value is -3.50. The molecule has 0 spiro atoms. The number of unbranched alkanes of at least 4 members (excludes halogenated alkanes) is 2. The van der Waals surface area contributed by atoms with Crippen LogP contribution in [0.3, 0.4) is 0 Å². The number of esters is 1. The summed E-state index contributed by atoms with van der Waals surface area (Å²) in [5.74, 6) is -3.55. The topological polar surface area (TPSA) is 65.7 Å². The first kappa shape index (κ1) is 38.0. The third-order valence-electron chi connectivity index (χ3n) is 7.94. The fourth-order valence-electron chi connectivity index (χ4n) is 5.24. The molecule has 1 aromatic heterocycles. The van der Waals surface area contributed by atoms with Gasteiger partial charge in [0, 0.05) is 17.0 Å². The maximum Gasteiger partial charge on any atom is 0.417 e. The van der Waals surface area contributed by atoms with Gasteiger partial charge in [0.05, 0.1) is 17.0 Å². The molecule has 2 unspecified atom stereocenters. The molecule has 260 valence electrons. The van der Waals surface area contributed by atoms with Gasteiger partial charge in [0.1, 0.15) is 30.5 Å². The van der Waals surface area contributed by atoms with Crippen LogP contribution in [0.5, 0.6) is 5.75 Å². The Morgan fingerprint density at radius 3 is 2.11 bits per heavy atom. The number of rotatable bonds is 12. The Morgan fingerprint density at radius 1 is 0.851 bits per heavy atom. The molecule has 2 aromatic carbocycles. The first-order chi connectivity index (χ1) is 21.6. The van der Waals surface area contributed by atoms with E-state index in [2.05, 4.69) is 0 Å². The van der Waals surface area contributed by atoms with Gasteiger partial charge in [0.15, 0.2) is 0 Å². The van der Waals surface area contributed by atoms with Crippen LogP contribution < -0.4 is 10.4 Å². The number of hydrogen-bond acceptors (Lipinski definition) is 5. The van der Waals surface area contributed by atoms with Crippen molar-refractivity contribution in [2.45, 2.75) is 92.9 Å². The lowest BCUT2D eigenvalue weighted by Gasteiger charge is -2.34. The van der Waals surface area contributed by atoms with Crippen LogP contribution in [-0.2, 0) is 22.1 Å². The lowest BCUT2D eigenvalue weighted by atomic mass is 9.72. The summed E-state index contributed by atoms with van der Waals surface area (Å²) in [7, 11) is 0. The van der Waals surface area contributed by atoms with Gasteiger partial charge < -0.3 is 13.9 Å². The molecule has 0 aliphatic heterocycles. The number of hydrogen-bond donors (Lipinski definition) is 0. The SMILES string of the molecule is CCCCCc1ccc(-c2cc3ccc(OCC(COC(=O)C(CC(C)(C)C)C(C)(C)C)C(F)(F)F)cc3oc2=O)c(C(F)(F)F)c1. The van der Waals surface area contributed by atoms with Crippen molar-refractivity contribution >= 4 is 16.9 Å². The van der Waals surface area contributed by atoms with Crippen molar-refractivity contribution in [2.75, 3.05) is 13.2 Å². The van der Waals surface area contributed by atoms with Gasteiger partial charge in [-0.25, -0.2) is 4.79 Å². The van der Waals surface area contributed by atoms with E-state index in [4.69, 9.17) is 13.9 Å². The van der Waals surface area contributed by atoms with Crippen molar-refractivity contribution < 1.29 is 45.0 Å². The largest absolute Gasteiger partial charge is 0.493 e. The van der Waals surface area contributed by atoms with Crippen LogP contribution in [-0.4, -0.2) is 25.4 Å². The zero-order valence-corrected chi connectivity index (χ0v) is 28.0. The average Bonchev–Trinajstić information content (AvgIpc) is 2.93. The Kier molecular flexibility index (Phi) is 11.9. The predicted molar refractivity (Wildman–Crippen MR) is 169 cm³/mol. The molecule has 0 aliphatic rings. The molecule has 0 saturated carbocycles. The first-order valence-corrected chi connectivity index (χ1v) is 15.7. The predicted octanol–water partition coefficient (Wildman–Crippen LogP) is 10.4. The quantitative estimate of drug-likeness (QED) is 0.0831. The summed E-state index contributed by atoms with van der Waals surface area (Å²) in [6, 6.07) is 9.03. The fraction of sp³-hybridized carbons (Fsp3) is 0.556. The van der Waals surface area contributed by atoms with Gasteiger partial charge in [-0.2, -0.15) is 26.3 Å². The average molecular weight is 671 g/mol. The third kappa shape index (κ3) is 10.8. The van der Waals surface area contributed by atoms with E-state index in [1.165, 1.54) is 30.3 Å². The lowest BCUT2D eigenvalue weighted by molar-refractivity contribution is -0.199. The summed E-state index contributed by atoms with van der Waals surface area (Å²) in [5.41, 5.74) is -2.97. The van der Waals surface area contributed by atoms with Gasteiger partial charge >= 0.3 is 23.9 Å². The number of benzene rings is 2. The maximum atomic E-state index is 14.0. The van der Waals surface area contributed by atoms with Gasteiger partial charge in [-0.15, -0.1) is 0 Å². The summed E-state index contributed by atoms with van der Waals surface area (Å²) >= 11 is 0. The number of ether oxygens (including phenoxy) is 2. The second-order valence-corrected chi connectivity index (χ2v) is 14.3.